The molecule has 0 radical (unpaired) electrons. The quantitative estimate of drug-likeness (QED) is 0.695. The number of fused-ring (bicyclic) bond motifs is 1. The zero-order chi connectivity index (χ0) is 19.2. The van der Waals surface area contributed by atoms with Crippen molar-refractivity contribution in [2.24, 2.45) is 0 Å². The van der Waals surface area contributed by atoms with Crippen LogP contribution in [0.15, 0.2) is 42.5 Å². The van der Waals surface area contributed by atoms with E-state index >= 15 is 0 Å². The number of benzene rings is 2. The highest BCUT2D eigenvalue weighted by atomic mass is 16.5. The number of amides is 1. The summed E-state index contributed by atoms with van der Waals surface area (Å²) in [5.74, 6) is 1.51. The molecule has 1 amide bonds. The fourth-order valence-electron chi connectivity index (χ4n) is 2.84. The van der Waals surface area contributed by atoms with Gasteiger partial charge in [0.25, 0.3) is 5.91 Å². The number of hydrogen-bond acceptors (Lipinski definition) is 5. The van der Waals surface area contributed by atoms with Crippen LogP contribution < -0.4 is 14.8 Å². The highest BCUT2D eigenvalue weighted by molar-refractivity contribution is 5.78. The Bertz CT molecular complexity index is 1000. The Balaban J connectivity index is 1.53. The van der Waals surface area contributed by atoms with Gasteiger partial charge in [0.1, 0.15) is 5.82 Å². The fourth-order valence-corrected chi connectivity index (χ4v) is 2.84. The molecule has 0 saturated carbocycles. The molecule has 0 bridgehead atoms. The number of aryl methyl sites for hydroxylation is 1. The van der Waals surface area contributed by atoms with Gasteiger partial charge in [-0.05, 0) is 31.2 Å². The second-order valence-corrected chi connectivity index (χ2v) is 5.92. The number of methoxy groups -OCH3 is 1. The lowest BCUT2D eigenvalue weighted by atomic mass is 10.2. The summed E-state index contributed by atoms with van der Waals surface area (Å²) in [5.41, 5.74) is 2.45. The van der Waals surface area contributed by atoms with E-state index < -0.39 is 0 Å². The number of ether oxygens (including phenoxy) is 2. The van der Waals surface area contributed by atoms with Crippen LogP contribution in [-0.2, 0) is 11.3 Å². The first-order valence-electron chi connectivity index (χ1n) is 8.52. The Morgan fingerprint density at radius 1 is 1.26 bits per heavy atom. The molecule has 0 spiro atoms. The summed E-state index contributed by atoms with van der Waals surface area (Å²) in [6.07, 6.45) is 0. The van der Waals surface area contributed by atoms with E-state index in [0.29, 0.717) is 30.2 Å². The van der Waals surface area contributed by atoms with E-state index in [1.807, 2.05) is 37.3 Å². The third kappa shape index (κ3) is 4.18. The molecule has 0 atom stereocenters. The third-order valence-electron chi connectivity index (χ3n) is 4.15. The van der Waals surface area contributed by atoms with Crippen molar-refractivity contribution in [1.29, 1.82) is 5.26 Å². The lowest BCUT2D eigenvalue weighted by Gasteiger charge is -2.12. The van der Waals surface area contributed by atoms with Crippen molar-refractivity contribution in [1.82, 2.24) is 14.9 Å². The van der Waals surface area contributed by atoms with Gasteiger partial charge in [-0.15, -0.1) is 0 Å². The van der Waals surface area contributed by atoms with Crippen LogP contribution in [0, 0.1) is 18.3 Å². The molecule has 0 fully saturated rings. The second kappa shape index (κ2) is 8.23. The summed E-state index contributed by atoms with van der Waals surface area (Å²) in [5, 5.41) is 11.7. The Morgan fingerprint density at radius 2 is 2.07 bits per heavy atom. The third-order valence-corrected chi connectivity index (χ3v) is 4.15. The van der Waals surface area contributed by atoms with Crippen molar-refractivity contribution < 1.29 is 14.3 Å². The Morgan fingerprint density at radius 3 is 2.85 bits per heavy atom. The van der Waals surface area contributed by atoms with Gasteiger partial charge in [-0.25, -0.2) is 4.98 Å². The van der Waals surface area contributed by atoms with Crippen molar-refractivity contribution in [2.75, 3.05) is 20.3 Å². The summed E-state index contributed by atoms with van der Waals surface area (Å²) in [4.78, 5) is 16.6. The summed E-state index contributed by atoms with van der Waals surface area (Å²) < 4.78 is 12.8. The van der Waals surface area contributed by atoms with E-state index in [9.17, 15) is 4.79 Å². The van der Waals surface area contributed by atoms with Crippen LogP contribution in [0.2, 0.25) is 0 Å². The summed E-state index contributed by atoms with van der Waals surface area (Å²) >= 11 is 0. The summed E-state index contributed by atoms with van der Waals surface area (Å²) in [7, 11) is 1.49. The van der Waals surface area contributed by atoms with E-state index in [0.717, 1.165) is 16.9 Å². The predicted octanol–water partition coefficient (Wildman–Crippen LogP) is 2.42. The van der Waals surface area contributed by atoms with E-state index in [-0.39, 0.29) is 12.5 Å². The van der Waals surface area contributed by atoms with Crippen LogP contribution in [-0.4, -0.2) is 35.7 Å². The molecule has 1 aromatic heterocycles. The zero-order valence-electron chi connectivity index (χ0n) is 15.2. The topological polar surface area (TPSA) is 89.2 Å². The Kier molecular flexibility index (Phi) is 5.57. The minimum atomic E-state index is -0.233. The normalized spacial score (nSPS) is 10.4. The van der Waals surface area contributed by atoms with Gasteiger partial charge in [0, 0.05) is 19.2 Å². The number of imidazole rings is 1. The molecule has 1 N–H and O–H groups in total. The van der Waals surface area contributed by atoms with E-state index in [1.165, 1.54) is 7.11 Å². The Hall–Kier alpha value is -3.53. The predicted molar refractivity (Wildman–Crippen MR) is 101 cm³/mol. The minimum absolute atomic E-state index is 0.133. The highest BCUT2D eigenvalue weighted by Gasteiger charge is 2.10. The lowest BCUT2D eigenvalue weighted by Crippen LogP contribution is -2.31. The number of aromatic nitrogens is 2. The largest absolute Gasteiger partial charge is 0.493 e. The van der Waals surface area contributed by atoms with Gasteiger partial charge in [0.15, 0.2) is 18.1 Å². The molecule has 1 heterocycles. The molecule has 0 saturated heterocycles. The molecule has 138 valence electrons. The first kappa shape index (κ1) is 18.3. The molecule has 0 aliphatic heterocycles. The van der Waals surface area contributed by atoms with Crippen molar-refractivity contribution in [3.63, 3.8) is 0 Å². The van der Waals surface area contributed by atoms with E-state index in [4.69, 9.17) is 14.7 Å². The van der Waals surface area contributed by atoms with Crippen molar-refractivity contribution in [2.45, 2.75) is 13.5 Å². The van der Waals surface area contributed by atoms with Crippen molar-refractivity contribution >= 4 is 16.9 Å². The fraction of sp³-hybridized carbons (Fsp3) is 0.250. The molecular weight excluding hydrogens is 344 g/mol. The van der Waals surface area contributed by atoms with Gasteiger partial charge in [-0.1, -0.05) is 12.1 Å². The Labute approximate surface area is 157 Å². The summed E-state index contributed by atoms with van der Waals surface area (Å²) in [6.45, 7) is 2.90. The number of rotatable bonds is 7. The molecule has 0 unspecified atom stereocenters. The molecule has 2 aromatic carbocycles. The van der Waals surface area contributed by atoms with Crippen LogP contribution in [0.4, 0.5) is 0 Å². The number of hydrogen-bond donors (Lipinski definition) is 1. The second-order valence-electron chi connectivity index (χ2n) is 5.92. The standard InChI is InChI=1S/C20H20N4O3/c1-14-23-16-5-3-4-6-17(16)24(14)10-9-22-20(25)13-27-18-8-7-15(12-21)11-19(18)26-2/h3-8,11H,9-10,13H2,1-2H3,(H,22,25). The first-order chi connectivity index (χ1) is 13.1. The van der Waals surface area contributed by atoms with Crippen LogP contribution in [0.25, 0.3) is 11.0 Å². The molecule has 0 aliphatic carbocycles. The summed E-state index contributed by atoms with van der Waals surface area (Å²) in [6, 6.07) is 14.7. The van der Waals surface area contributed by atoms with E-state index in [2.05, 4.69) is 14.9 Å². The maximum Gasteiger partial charge on any atom is 0.258 e. The van der Waals surface area contributed by atoms with Crippen molar-refractivity contribution in [3.05, 3.63) is 53.9 Å². The number of nitriles is 1. The maximum absolute atomic E-state index is 12.1. The molecule has 0 aliphatic rings. The lowest BCUT2D eigenvalue weighted by molar-refractivity contribution is -0.123. The average Bonchev–Trinajstić information content (AvgIpc) is 3.01. The molecule has 27 heavy (non-hydrogen) atoms. The van der Waals surface area contributed by atoms with Gasteiger partial charge in [0.05, 0.1) is 29.8 Å². The number of nitrogens with one attached hydrogen (secondary N) is 1. The molecule has 3 aromatic rings. The number of carbonyl (C=O) groups excluding carboxylic acids is 1. The zero-order valence-corrected chi connectivity index (χ0v) is 15.2. The number of para-hydroxylation sites is 2. The van der Waals surface area contributed by atoms with Crippen molar-refractivity contribution in [3.8, 4) is 17.6 Å². The average molecular weight is 364 g/mol. The molecule has 7 heteroatoms. The number of nitrogens with zero attached hydrogens (tertiary/aromatic N) is 3. The maximum atomic E-state index is 12.1. The van der Waals surface area contributed by atoms with Gasteiger partial charge < -0.3 is 19.4 Å². The highest BCUT2D eigenvalue weighted by Crippen LogP contribution is 2.27. The van der Waals surface area contributed by atoms with Crippen LogP contribution in [0.3, 0.4) is 0 Å². The van der Waals surface area contributed by atoms with Crippen LogP contribution >= 0.6 is 0 Å². The minimum Gasteiger partial charge on any atom is -0.493 e. The van der Waals surface area contributed by atoms with Gasteiger partial charge in [-0.3, -0.25) is 4.79 Å². The monoisotopic (exact) mass is 364 g/mol. The molecule has 7 nitrogen and oxygen atoms in total. The first-order valence-corrected chi connectivity index (χ1v) is 8.52. The van der Waals surface area contributed by atoms with Crippen LogP contribution in [0.1, 0.15) is 11.4 Å². The van der Waals surface area contributed by atoms with Crippen LogP contribution in [0.5, 0.6) is 11.5 Å². The smallest absolute Gasteiger partial charge is 0.258 e. The molecule has 3 rings (SSSR count). The van der Waals surface area contributed by atoms with Gasteiger partial charge >= 0.3 is 0 Å². The van der Waals surface area contributed by atoms with Gasteiger partial charge in [-0.2, -0.15) is 5.26 Å². The van der Waals surface area contributed by atoms with E-state index in [1.54, 1.807) is 18.2 Å². The van der Waals surface area contributed by atoms with Gasteiger partial charge in [0.2, 0.25) is 0 Å². The number of carbonyl (C=O) groups is 1. The SMILES string of the molecule is COc1cc(C#N)ccc1OCC(=O)NCCn1c(C)nc2ccccc21. The molecular formula is C20H20N4O3.